The molecule has 0 unspecified atom stereocenters. The van der Waals surface area contributed by atoms with Crippen molar-refractivity contribution in [2.75, 3.05) is 58.1 Å². The zero-order valence-corrected chi connectivity index (χ0v) is 16.0. The maximum absolute atomic E-state index is 5.80. The molecule has 8 heteroatoms. The fourth-order valence-corrected chi connectivity index (χ4v) is 3.32. The lowest BCUT2D eigenvalue weighted by molar-refractivity contribution is 0.173. The Morgan fingerprint density at radius 1 is 1.14 bits per heavy atom. The fraction of sp³-hybridized carbons (Fsp3) is 0.400. The number of aromatic nitrogens is 1. The average molecular weight is 383 g/mol. The lowest BCUT2D eigenvalue weighted by atomic mass is 10.3. The molecule has 3 heterocycles. The van der Waals surface area contributed by atoms with E-state index >= 15 is 0 Å². The Morgan fingerprint density at radius 2 is 2.00 bits per heavy atom. The van der Waals surface area contributed by atoms with E-state index in [2.05, 4.69) is 31.2 Å². The van der Waals surface area contributed by atoms with Crippen molar-refractivity contribution in [1.82, 2.24) is 15.2 Å². The van der Waals surface area contributed by atoms with Crippen LogP contribution in [0.15, 0.2) is 47.6 Å². The summed E-state index contributed by atoms with van der Waals surface area (Å²) in [4.78, 5) is 13.4. The Labute approximate surface area is 164 Å². The topological polar surface area (TPSA) is 71.5 Å². The highest BCUT2D eigenvalue weighted by Gasteiger charge is 2.20. The van der Waals surface area contributed by atoms with E-state index in [1.165, 1.54) is 0 Å². The molecule has 2 aliphatic rings. The van der Waals surface area contributed by atoms with E-state index < -0.39 is 0 Å². The third kappa shape index (κ3) is 4.21. The van der Waals surface area contributed by atoms with Crippen molar-refractivity contribution < 1.29 is 14.2 Å². The maximum Gasteiger partial charge on any atom is 0.231 e. The van der Waals surface area contributed by atoms with Crippen LogP contribution in [0.3, 0.4) is 0 Å². The maximum atomic E-state index is 5.80. The van der Waals surface area contributed by atoms with E-state index in [0.29, 0.717) is 13.2 Å². The van der Waals surface area contributed by atoms with E-state index in [4.69, 9.17) is 14.2 Å². The summed E-state index contributed by atoms with van der Waals surface area (Å²) >= 11 is 0. The summed E-state index contributed by atoms with van der Waals surface area (Å²) in [6.07, 6.45) is 1.84. The summed E-state index contributed by atoms with van der Waals surface area (Å²) in [6, 6.07) is 11.6. The lowest BCUT2D eigenvalue weighted by Crippen LogP contribution is -2.53. The standard InChI is InChI=1S/C20H25N5O3/c1-21-20(25-11-9-24(10-12-25)19-4-2-3-7-22-19)23-8-13-26-16-5-6-17-18(14-16)28-15-27-17/h2-7,14H,8-13,15H2,1H3,(H,21,23). The SMILES string of the molecule is CN=C(NCCOc1ccc2c(c1)OCO2)N1CCN(c2ccccn2)CC1. The molecule has 0 radical (unpaired) electrons. The first-order valence-corrected chi connectivity index (χ1v) is 9.47. The number of nitrogens with zero attached hydrogens (tertiary/aromatic N) is 4. The van der Waals surface area contributed by atoms with Crippen molar-refractivity contribution in [2.45, 2.75) is 0 Å². The third-order valence-electron chi connectivity index (χ3n) is 4.76. The third-order valence-corrected chi connectivity index (χ3v) is 4.76. The highest BCUT2D eigenvalue weighted by Crippen LogP contribution is 2.34. The van der Waals surface area contributed by atoms with Crippen LogP contribution in [0.4, 0.5) is 5.82 Å². The summed E-state index contributed by atoms with van der Waals surface area (Å²) in [5.74, 6) is 4.19. The molecule has 1 aromatic heterocycles. The number of ether oxygens (including phenoxy) is 3. The number of pyridine rings is 1. The summed E-state index contributed by atoms with van der Waals surface area (Å²) in [6.45, 7) is 5.12. The van der Waals surface area contributed by atoms with Crippen molar-refractivity contribution in [3.05, 3.63) is 42.6 Å². The minimum atomic E-state index is 0.268. The molecule has 1 fully saturated rings. The van der Waals surface area contributed by atoms with Gasteiger partial charge in [-0.15, -0.1) is 0 Å². The molecule has 1 aromatic carbocycles. The number of nitrogens with one attached hydrogen (secondary N) is 1. The second-order valence-electron chi connectivity index (χ2n) is 6.50. The fourth-order valence-electron chi connectivity index (χ4n) is 3.32. The van der Waals surface area contributed by atoms with Crippen LogP contribution in [0.2, 0.25) is 0 Å². The van der Waals surface area contributed by atoms with Crippen LogP contribution in [-0.2, 0) is 0 Å². The summed E-state index contributed by atoms with van der Waals surface area (Å²) in [5.41, 5.74) is 0. The van der Waals surface area contributed by atoms with E-state index in [0.717, 1.165) is 55.2 Å². The van der Waals surface area contributed by atoms with Crippen molar-refractivity contribution in [2.24, 2.45) is 4.99 Å². The number of anilines is 1. The molecule has 1 N–H and O–H groups in total. The highest BCUT2D eigenvalue weighted by atomic mass is 16.7. The van der Waals surface area contributed by atoms with Crippen molar-refractivity contribution in [1.29, 1.82) is 0 Å². The molecule has 2 aromatic rings. The Bertz CT molecular complexity index is 807. The summed E-state index contributed by atoms with van der Waals surface area (Å²) < 4.78 is 16.5. The van der Waals surface area contributed by atoms with Gasteiger partial charge in [0.25, 0.3) is 0 Å². The van der Waals surface area contributed by atoms with Crippen LogP contribution in [0.25, 0.3) is 0 Å². The molecular weight excluding hydrogens is 358 g/mol. The van der Waals surface area contributed by atoms with Gasteiger partial charge in [0.15, 0.2) is 17.5 Å². The number of rotatable bonds is 5. The van der Waals surface area contributed by atoms with Gasteiger partial charge in [-0.1, -0.05) is 6.07 Å². The summed E-state index contributed by atoms with van der Waals surface area (Å²) in [7, 11) is 1.81. The van der Waals surface area contributed by atoms with Crippen LogP contribution >= 0.6 is 0 Å². The predicted octanol–water partition coefficient (Wildman–Crippen LogP) is 1.59. The molecule has 1 saturated heterocycles. The molecule has 0 spiro atoms. The van der Waals surface area contributed by atoms with Crippen molar-refractivity contribution >= 4 is 11.8 Å². The minimum Gasteiger partial charge on any atom is -0.492 e. The number of piperazine rings is 1. The molecule has 0 saturated carbocycles. The Balaban J connectivity index is 1.21. The Morgan fingerprint density at radius 3 is 2.79 bits per heavy atom. The van der Waals surface area contributed by atoms with Crippen LogP contribution in [0, 0.1) is 0 Å². The number of fused-ring (bicyclic) bond motifs is 1. The monoisotopic (exact) mass is 383 g/mol. The van der Waals surface area contributed by atoms with E-state index in [9.17, 15) is 0 Å². The number of hydrogen-bond donors (Lipinski definition) is 1. The van der Waals surface area contributed by atoms with Gasteiger partial charge in [-0.25, -0.2) is 4.98 Å². The number of hydrogen-bond acceptors (Lipinski definition) is 6. The molecule has 4 rings (SSSR count). The zero-order valence-electron chi connectivity index (χ0n) is 16.0. The van der Waals surface area contributed by atoms with Crippen LogP contribution in [0.1, 0.15) is 0 Å². The first-order chi connectivity index (χ1) is 13.8. The van der Waals surface area contributed by atoms with Crippen LogP contribution in [-0.4, -0.2) is 69.0 Å². The average Bonchev–Trinajstić information content (AvgIpc) is 3.23. The zero-order chi connectivity index (χ0) is 19.2. The van der Waals surface area contributed by atoms with Gasteiger partial charge in [-0.3, -0.25) is 4.99 Å². The van der Waals surface area contributed by atoms with Gasteiger partial charge >= 0.3 is 0 Å². The largest absolute Gasteiger partial charge is 0.492 e. The van der Waals surface area contributed by atoms with Gasteiger partial charge in [0.05, 0.1) is 6.54 Å². The Hall–Kier alpha value is -3.16. The van der Waals surface area contributed by atoms with Crippen LogP contribution in [0.5, 0.6) is 17.2 Å². The van der Waals surface area contributed by atoms with E-state index in [-0.39, 0.29) is 6.79 Å². The van der Waals surface area contributed by atoms with Gasteiger partial charge < -0.3 is 29.3 Å². The van der Waals surface area contributed by atoms with Crippen molar-refractivity contribution in [3.63, 3.8) is 0 Å². The number of guanidine groups is 1. The molecular formula is C20H25N5O3. The smallest absolute Gasteiger partial charge is 0.231 e. The lowest BCUT2D eigenvalue weighted by Gasteiger charge is -2.37. The first kappa shape index (κ1) is 18.2. The van der Waals surface area contributed by atoms with E-state index in [1.54, 1.807) is 0 Å². The van der Waals surface area contributed by atoms with E-state index in [1.807, 2.05) is 43.6 Å². The molecule has 148 valence electrons. The normalized spacial score (nSPS) is 16.2. The molecule has 8 nitrogen and oxygen atoms in total. The van der Waals surface area contributed by atoms with Gasteiger partial charge in [0.2, 0.25) is 6.79 Å². The minimum absolute atomic E-state index is 0.268. The second kappa shape index (κ2) is 8.69. The van der Waals surface area contributed by atoms with Crippen molar-refractivity contribution in [3.8, 4) is 17.2 Å². The second-order valence-corrected chi connectivity index (χ2v) is 6.50. The summed E-state index contributed by atoms with van der Waals surface area (Å²) in [5, 5.41) is 3.38. The molecule has 28 heavy (non-hydrogen) atoms. The van der Waals surface area contributed by atoms with Gasteiger partial charge in [-0.2, -0.15) is 0 Å². The van der Waals surface area contributed by atoms with Gasteiger partial charge in [0, 0.05) is 45.5 Å². The first-order valence-electron chi connectivity index (χ1n) is 9.47. The van der Waals surface area contributed by atoms with Crippen LogP contribution < -0.4 is 24.4 Å². The predicted molar refractivity (Wildman–Crippen MR) is 107 cm³/mol. The molecule has 0 aliphatic carbocycles. The molecule has 0 amide bonds. The molecule has 2 aliphatic heterocycles. The molecule has 0 atom stereocenters. The molecule has 0 bridgehead atoms. The van der Waals surface area contributed by atoms with Gasteiger partial charge in [-0.05, 0) is 24.3 Å². The Kier molecular flexibility index (Phi) is 5.65. The van der Waals surface area contributed by atoms with Gasteiger partial charge in [0.1, 0.15) is 18.2 Å². The number of benzene rings is 1. The highest BCUT2D eigenvalue weighted by molar-refractivity contribution is 5.80. The quantitative estimate of drug-likeness (QED) is 0.478. The number of aliphatic imine (C=N–C) groups is 1.